The normalized spacial score (nSPS) is 20.4. The van der Waals surface area contributed by atoms with E-state index in [-0.39, 0.29) is 10.6 Å². The minimum Gasteiger partial charge on any atom is -0.481 e. The Balaban J connectivity index is 2.14. The molecule has 1 aliphatic carbocycles. The quantitative estimate of drug-likeness (QED) is 0.739. The van der Waals surface area contributed by atoms with Crippen LogP contribution in [0.5, 0.6) is 0 Å². The number of aliphatic carboxylic acids is 1. The highest BCUT2D eigenvalue weighted by molar-refractivity contribution is 6.33. The summed E-state index contributed by atoms with van der Waals surface area (Å²) in [4.78, 5) is 34.3. The predicted molar refractivity (Wildman–Crippen MR) is 80.0 cm³/mol. The largest absolute Gasteiger partial charge is 0.481 e. The summed E-state index contributed by atoms with van der Waals surface area (Å²) in [5.74, 6) is -4.02. The molecule has 116 valence electrons. The van der Waals surface area contributed by atoms with Crippen LogP contribution in [0.4, 0.5) is 5.69 Å². The topological polar surface area (TPSA) is 104 Å². The van der Waals surface area contributed by atoms with Crippen LogP contribution in [0.1, 0.15) is 23.2 Å². The second-order valence-corrected chi connectivity index (χ2v) is 5.39. The fraction of sp³-hybridized carbons (Fsp3) is 0.267. The van der Waals surface area contributed by atoms with Crippen LogP contribution in [-0.2, 0) is 9.59 Å². The first kappa shape index (κ1) is 16.0. The number of carbonyl (C=O) groups is 3. The van der Waals surface area contributed by atoms with Gasteiger partial charge in [0.05, 0.1) is 22.4 Å². The lowest BCUT2D eigenvalue weighted by Gasteiger charge is -2.24. The first-order valence-corrected chi connectivity index (χ1v) is 6.99. The molecule has 0 radical (unpaired) electrons. The Morgan fingerprint density at radius 2 is 1.73 bits per heavy atom. The van der Waals surface area contributed by atoms with Gasteiger partial charge in [-0.05, 0) is 31.0 Å². The lowest BCUT2D eigenvalue weighted by molar-refractivity contribution is -0.146. The van der Waals surface area contributed by atoms with E-state index >= 15 is 0 Å². The van der Waals surface area contributed by atoms with Crippen molar-refractivity contribution in [3.63, 3.8) is 0 Å². The van der Waals surface area contributed by atoms with Crippen LogP contribution in [0.3, 0.4) is 0 Å². The van der Waals surface area contributed by atoms with Crippen molar-refractivity contribution < 1.29 is 24.6 Å². The van der Waals surface area contributed by atoms with Crippen LogP contribution in [0.2, 0.25) is 5.02 Å². The molecule has 6 nitrogen and oxygen atoms in total. The molecule has 1 aliphatic rings. The highest BCUT2D eigenvalue weighted by Crippen LogP contribution is 2.28. The van der Waals surface area contributed by atoms with Gasteiger partial charge in [0.1, 0.15) is 0 Å². The number of aromatic carboxylic acids is 1. The zero-order chi connectivity index (χ0) is 16.3. The Morgan fingerprint density at radius 1 is 1.09 bits per heavy atom. The van der Waals surface area contributed by atoms with Gasteiger partial charge in [-0.15, -0.1) is 0 Å². The number of carboxylic acid groups (broad SMARTS) is 2. The van der Waals surface area contributed by atoms with E-state index in [0.29, 0.717) is 18.5 Å². The first-order valence-electron chi connectivity index (χ1n) is 6.61. The van der Waals surface area contributed by atoms with Crippen LogP contribution in [-0.4, -0.2) is 28.1 Å². The number of halogens is 1. The highest BCUT2D eigenvalue weighted by Gasteiger charge is 2.34. The fourth-order valence-electron chi connectivity index (χ4n) is 2.38. The molecule has 0 saturated carbocycles. The summed E-state index contributed by atoms with van der Waals surface area (Å²) < 4.78 is 0. The summed E-state index contributed by atoms with van der Waals surface area (Å²) in [6.45, 7) is 0. The summed E-state index contributed by atoms with van der Waals surface area (Å²) in [5.41, 5.74) is 0.266. The van der Waals surface area contributed by atoms with Gasteiger partial charge in [-0.3, -0.25) is 9.59 Å². The summed E-state index contributed by atoms with van der Waals surface area (Å²) >= 11 is 5.84. The maximum Gasteiger partial charge on any atom is 0.337 e. The third-order valence-corrected chi connectivity index (χ3v) is 3.87. The van der Waals surface area contributed by atoms with Crippen molar-refractivity contribution in [2.45, 2.75) is 12.8 Å². The minimum absolute atomic E-state index is 0.00336. The van der Waals surface area contributed by atoms with E-state index in [1.54, 1.807) is 12.2 Å². The van der Waals surface area contributed by atoms with Crippen molar-refractivity contribution in [1.82, 2.24) is 0 Å². The molecule has 0 saturated heterocycles. The number of nitrogens with one attached hydrogen (secondary N) is 1. The molecule has 1 aromatic rings. The Kier molecular flexibility index (Phi) is 4.82. The molecule has 2 atom stereocenters. The van der Waals surface area contributed by atoms with Gasteiger partial charge in [0.15, 0.2) is 0 Å². The van der Waals surface area contributed by atoms with Gasteiger partial charge in [0.25, 0.3) is 0 Å². The summed E-state index contributed by atoms with van der Waals surface area (Å²) in [5, 5.41) is 20.7. The maximum absolute atomic E-state index is 12.2. The van der Waals surface area contributed by atoms with Crippen molar-refractivity contribution in [3.05, 3.63) is 40.9 Å². The lowest BCUT2D eigenvalue weighted by atomic mass is 9.82. The maximum atomic E-state index is 12.2. The van der Waals surface area contributed by atoms with Gasteiger partial charge in [0.2, 0.25) is 5.91 Å². The van der Waals surface area contributed by atoms with Crippen LogP contribution < -0.4 is 5.32 Å². The third kappa shape index (κ3) is 3.46. The number of allylic oxidation sites excluding steroid dienone is 2. The number of carbonyl (C=O) groups excluding carboxylic acids is 1. The first-order chi connectivity index (χ1) is 10.4. The molecule has 0 aliphatic heterocycles. The number of amides is 1. The molecule has 0 bridgehead atoms. The summed E-state index contributed by atoms with van der Waals surface area (Å²) in [7, 11) is 0. The molecule has 0 aromatic heterocycles. The van der Waals surface area contributed by atoms with E-state index in [4.69, 9.17) is 21.8 Å². The molecule has 2 rings (SSSR count). The molecule has 0 fully saturated rings. The Hall–Kier alpha value is -2.34. The molecular formula is C15H14ClNO5. The van der Waals surface area contributed by atoms with Crippen molar-refractivity contribution in [2.24, 2.45) is 11.8 Å². The second kappa shape index (κ2) is 6.62. The van der Waals surface area contributed by atoms with Crippen LogP contribution in [0, 0.1) is 11.8 Å². The smallest absolute Gasteiger partial charge is 0.337 e. The van der Waals surface area contributed by atoms with Crippen LogP contribution in [0.25, 0.3) is 0 Å². The van der Waals surface area contributed by atoms with Crippen molar-refractivity contribution in [1.29, 1.82) is 0 Å². The number of hydrogen-bond acceptors (Lipinski definition) is 3. The number of rotatable bonds is 4. The van der Waals surface area contributed by atoms with Crippen LogP contribution >= 0.6 is 11.6 Å². The third-order valence-electron chi connectivity index (χ3n) is 3.55. The average molecular weight is 324 g/mol. The molecule has 3 N–H and O–H groups in total. The molecule has 7 heteroatoms. The molecular weight excluding hydrogens is 310 g/mol. The zero-order valence-electron chi connectivity index (χ0n) is 11.5. The van der Waals surface area contributed by atoms with Gasteiger partial charge in [-0.2, -0.15) is 0 Å². The van der Waals surface area contributed by atoms with Gasteiger partial charge >= 0.3 is 11.9 Å². The Labute approximate surface area is 131 Å². The van der Waals surface area contributed by atoms with Gasteiger partial charge < -0.3 is 15.5 Å². The van der Waals surface area contributed by atoms with Gasteiger partial charge in [-0.25, -0.2) is 4.79 Å². The summed E-state index contributed by atoms with van der Waals surface area (Å²) in [6.07, 6.45) is 4.20. The number of anilines is 1. The Morgan fingerprint density at radius 3 is 2.27 bits per heavy atom. The van der Waals surface area contributed by atoms with E-state index in [1.807, 2.05) is 0 Å². The van der Waals surface area contributed by atoms with Crippen molar-refractivity contribution in [2.75, 3.05) is 5.32 Å². The lowest BCUT2D eigenvalue weighted by Crippen LogP contribution is -2.34. The fourth-order valence-corrected chi connectivity index (χ4v) is 2.64. The number of hydrogen-bond donors (Lipinski definition) is 3. The second-order valence-electron chi connectivity index (χ2n) is 4.98. The number of benzene rings is 1. The minimum atomic E-state index is -1.16. The molecule has 0 unspecified atom stereocenters. The molecule has 1 aromatic carbocycles. The molecule has 1 amide bonds. The predicted octanol–water partition coefficient (Wildman–Crippen LogP) is 2.64. The molecule has 22 heavy (non-hydrogen) atoms. The average Bonchev–Trinajstić information content (AvgIpc) is 2.46. The highest BCUT2D eigenvalue weighted by atomic mass is 35.5. The monoisotopic (exact) mass is 323 g/mol. The SMILES string of the molecule is O=C(O)c1ccc(NC(=O)[C@@H]2CC=CC[C@@H]2C(=O)O)cc1Cl. The van der Waals surface area contributed by atoms with Crippen molar-refractivity contribution in [3.8, 4) is 0 Å². The molecule has 0 heterocycles. The summed E-state index contributed by atoms with van der Waals surface area (Å²) in [6, 6.07) is 4.04. The van der Waals surface area contributed by atoms with E-state index in [2.05, 4.69) is 5.32 Å². The van der Waals surface area contributed by atoms with Gasteiger partial charge in [-0.1, -0.05) is 23.8 Å². The van der Waals surface area contributed by atoms with Crippen LogP contribution in [0.15, 0.2) is 30.4 Å². The van der Waals surface area contributed by atoms with E-state index < -0.39 is 29.7 Å². The number of carboxylic acids is 2. The Bertz CT molecular complexity index is 655. The zero-order valence-corrected chi connectivity index (χ0v) is 12.2. The van der Waals surface area contributed by atoms with Gasteiger partial charge in [0, 0.05) is 5.69 Å². The van der Waals surface area contributed by atoms with E-state index in [9.17, 15) is 14.4 Å². The van der Waals surface area contributed by atoms with Crippen molar-refractivity contribution >= 4 is 35.1 Å². The molecule has 0 spiro atoms. The van der Waals surface area contributed by atoms with E-state index in [0.717, 1.165) is 0 Å². The standard InChI is InChI=1S/C15H14ClNO5/c16-12-7-8(5-6-11(12)15(21)22)17-13(18)9-3-1-2-4-10(9)14(19)20/h1-2,5-7,9-10H,3-4H2,(H,17,18)(H,19,20)(H,21,22)/t9-,10+/m1/s1. The van der Waals surface area contributed by atoms with E-state index in [1.165, 1.54) is 18.2 Å².